The Balaban J connectivity index is 1.73. The highest BCUT2D eigenvalue weighted by Crippen LogP contribution is 2.34. The molecule has 0 aromatic heterocycles. The molecule has 0 fully saturated rings. The summed E-state index contributed by atoms with van der Waals surface area (Å²) in [5.74, 6) is 0.476. The van der Waals surface area contributed by atoms with E-state index >= 15 is 0 Å². The molecule has 132 valence electrons. The van der Waals surface area contributed by atoms with E-state index in [0.29, 0.717) is 22.4 Å². The molecule has 0 saturated heterocycles. The average Bonchev–Trinajstić information content (AvgIpc) is 2.62. The zero-order chi connectivity index (χ0) is 18.5. The smallest absolute Gasteiger partial charge is 0.157 e. The van der Waals surface area contributed by atoms with Gasteiger partial charge < -0.3 is 4.74 Å². The van der Waals surface area contributed by atoms with Crippen molar-refractivity contribution >= 4 is 51.0 Å². The van der Waals surface area contributed by atoms with E-state index in [1.54, 1.807) is 18.3 Å². The highest BCUT2D eigenvalue weighted by atomic mass is 79.9. The third-order valence-corrected chi connectivity index (χ3v) is 4.80. The number of hydrogen-bond donors (Lipinski definition) is 0. The fraction of sp³-hybridized carbons (Fsp3) is 0.0952. The number of halogens is 3. The predicted molar refractivity (Wildman–Crippen MR) is 113 cm³/mol. The fourth-order valence-corrected chi connectivity index (χ4v) is 3.19. The summed E-state index contributed by atoms with van der Waals surface area (Å²) in [6.45, 7) is 2.43. The fourth-order valence-electron chi connectivity index (χ4n) is 2.31. The lowest BCUT2D eigenvalue weighted by Gasteiger charge is -2.11. The van der Waals surface area contributed by atoms with Gasteiger partial charge in [-0.2, -0.15) is 0 Å². The molecule has 0 aliphatic carbocycles. The van der Waals surface area contributed by atoms with Gasteiger partial charge >= 0.3 is 0 Å². The maximum atomic E-state index is 6.35. The number of benzene rings is 3. The molecule has 0 aliphatic heterocycles. The van der Waals surface area contributed by atoms with Crippen LogP contribution in [0.3, 0.4) is 0 Å². The number of nitrogens with zero attached hydrogens (tertiary/aromatic N) is 1. The summed E-state index contributed by atoms with van der Waals surface area (Å²) >= 11 is 16.1. The lowest BCUT2D eigenvalue weighted by molar-refractivity contribution is 0.306. The molecule has 0 amide bonds. The summed E-state index contributed by atoms with van der Waals surface area (Å²) in [6, 6.07) is 19.4. The number of hydrogen-bond acceptors (Lipinski definition) is 2. The first-order valence-corrected chi connectivity index (χ1v) is 9.53. The summed E-state index contributed by atoms with van der Waals surface area (Å²) < 4.78 is 6.82. The number of aryl methyl sites for hydroxylation is 1. The molecule has 3 aromatic carbocycles. The van der Waals surface area contributed by atoms with Crippen molar-refractivity contribution in [2.24, 2.45) is 4.99 Å². The number of aliphatic imine (C=N–C) groups is 1. The summed E-state index contributed by atoms with van der Waals surface area (Å²) in [5, 5.41) is 0.917. The van der Waals surface area contributed by atoms with E-state index in [-0.39, 0.29) is 0 Å². The van der Waals surface area contributed by atoms with Crippen molar-refractivity contribution in [1.29, 1.82) is 0 Å². The second-order valence-electron chi connectivity index (χ2n) is 5.82. The normalized spacial score (nSPS) is 11.1. The van der Waals surface area contributed by atoms with Gasteiger partial charge in [0.2, 0.25) is 0 Å². The maximum Gasteiger partial charge on any atom is 0.157 e. The topological polar surface area (TPSA) is 21.6 Å². The molecule has 3 rings (SSSR count). The second-order valence-corrected chi connectivity index (χ2v) is 7.55. The molecule has 26 heavy (non-hydrogen) atoms. The Labute approximate surface area is 171 Å². The van der Waals surface area contributed by atoms with Crippen LogP contribution in [0.5, 0.6) is 5.75 Å². The Morgan fingerprint density at radius 1 is 0.962 bits per heavy atom. The highest BCUT2D eigenvalue weighted by Gasteiger charge is 2.09. The number of ether oxygens (including phenoxy) is 1. The molecular formula is C21H16BrCl2NO. The quantitative estimate of drug-likeness (QED) is 0.372. The van der Waals surface area contributed by atoms with Gasteiger partial charge in [0.25, 0.3) is 0 Å². The van der Waals surface area contributed by atoms with Gasteiger partial charge in [-0.25, -0.2) is 0 Å². The van der Waals surface area contributed by atoms with E-state index in [1.165, 1.54) is 5.56 Å². The second kappa shape index (κ2) is 8.72. The molecule has 3 aromatic rings. The maximum absolute atomic E-state index is 6.35. The average molecular weight is 449 g/mol. The molecule has 0 N–H and O–H groups in total. The zero-order valence-corrected chi connectivity index (χ0v) is 17.1. The van der Waals surface area contributed by atoms with Crippen LogP contribution in [-0.4, -0.2) is 6.21 Å². The Bertz CT molecular complexity index is 899. The summed E-state index contributed by atoms with van der Waals surface area (Å²) in [7, 11) is 0. The van der Waals surface area contributed by atoms with E-state index in [2.05, 4.69) is 20.9 Å². The van der Waals surface area contributed by atoms with E-state index < -0.39 is 0 Å². The highest BCUT2D eigenvalue weighted by molar-refractivity contribution is 9.10. The van der Waals surface area contributed by atoms with Gasteiger partial charge in [-0.05, 0) is 54.4 Å². The Morgan fingerprint density at radius 2 is 1.58 bits per heavy atom. The standard InChI is InChI=1S/C21H16BrCl2NO/c1-14-2-8-18(9-3-14)25-12-16-10-19(23)21(20(24)11-16)26-13-15-4-6-17(22)7-5-15/h2-12H,13H2,1H3. The Kier molecular flexibility index (Phi) is 6.36. The van der Waals surface area contributed by atoms with Gasteiger partial charge in [-0.15, -0.1) is 0 Å². The molecule has 0 radical (unpaired) electrons. The van der Waals surface area contributed by atoms with Crippen LogP contribution in [0.25, 0.3) is 0 Å². The predicted octanol–water partition coefficient (Wildman–Crippen LogP) is 7.39. The minimum absolute atomic E-state index is 0.392. The summed E-state index contributed by atoms with van der Waals surface area (Å²) in [5.41, 5.74) is 3.92. The number of rotatable bonds is 5. The molecule has 0 saturated carbocycles. The molecule has 0 aliphatic rings. The largest absolute Gasteiger partial charge is 0.486 e. The third kappa shape index (κ3) is 5.10. The van der Waals surface area contributed by atoms with Crippen LogP contribution in [0.4, 0.5) is 5.69 Å². The van der Waals surface area contributed by atoms with Crippen molar-refractivity contribution in [3.63, 3.8) is 0 Å². The van der Waals surface area contributed by atoms with Crippen molar-refractivity contribution in [2.45, 2.75) is 13.5 Å². The summed E-state index contributed by atoms with van der Waals surface area (Å²) in [4.78, 5) is 4.44. The molecule has 0 atom stereocenters. The zero-order valence-electron chi connectivity index (χ0n) is 14.0. The lowest BCUT2D eigenvalue weighted by atomic mass is 10.2. The van der Waals surface area contributed by atoms with Gasteiger partial charge in [-0.3, -0.25) is 4.99 Å². The molecular weight excluding hydrogens is 433 g/mol. The van der Waals surface area contributed by atoms with Gasteiger partial charge in [0, 0.05) is 10.7 Å². The first kappa shape index (κ1) is 19.0. The van der Waals surface area contributed by atoms with Crippen LogP contribution in [0, 0.1) is 6.92 Å². The van der Waals surface area contributed by atoms with Crippen molar-refractivity contribution in [3.05, 3.63) is 91.9 Å². The Morgan fingerprint density at radius 3 is 2.19 bits per heavy atom. The van der Waals surface area contributed by atoms with Crippen LogP contribution in [0.15, 0.2) is 70.1 Å². The minimum Gasteiger partial charge on any atom is -0.486 e. The molecule has 0 heterocycles. The van der Waals surface area contributed by atoms with Crippen molar-refractivity contribution in [1.82, 2.24) is 0 Å². The van der Waals surface area contributed by atoms with E-state index in [4.69, 9.17) is 27.9 Å². The van der Waals surface area contributed by atoms with Crippen LogP contribution in [-0.2, 0) is 6.61 Å². The van der Waals surface area contributed by atoms with Crippen LogP contribution >= 0.6 is 39.1 Å². The Hall–Kier alpha value is -1.81. The van der Waals surface area contributed by atoms with Gasteiger partial charge in [0.1, 0.15) is 6.61 Å². The SMILES string of the molecule is Cc1ccc(N=Cc2cc(Cl)c(OCc3ccc(Br)cc3)c(Cl)c2)cc1. The summed E-state index contributed by atoms with van der Waals surface area (Å²) in [6.07, 6.45) is 1.74. The molecule has 2 nitrogen and oxygen atoms in total. The molecule has 0 spiro atoms. The van der Waals surface area contributed by atoms with E-state index in [9.17, 15) is 0 Å². The van der Waals surface area contributed by atoms with E-state index in [0.717, 1.165) is 21.3 Å². The van der Waals surface area contributed by atoms with Gasteiger partial charge in [0.05, 0.1) is 15.7 Å². The monoisotopic (exact) mass is 447 g/mol. The first-order chi connectivity index (χ1) is 12.5. The van der Waals surface area contributed by atoms with Crippen molar-refractivity contribution in [3.8, 4) is 5.75 Å². The molecule has 5 heteroatoms. The lowest BCUT2D eigenvalue weighted by Crippen LogP contribution is -1.97. The van der Waals surface area contributed by atoms with Crippen molar-refractivity contribution < 1.29 is 4.74 Å². The van der Waals surface area contributed by atoms with Crippen LogP contribution in [0.2, 0.25) is 10.0 Å². The van der Waals surface area contributed by atoms with Gasteiger partial charge in [-0.1, -0.05) is 69.0 Å². The van der Waals surface area contributed by atoms with Crippen molar-refractivity contribution in [2.75, 3.05) is 0 Å². The first-order valence-electron chi connectivity index (χ1n) is 7.98. The molecule has 0 bridgehead atoms. The molecule has 0 unspecified atom stereocenters. The van der Waals surface area contributed by atoms with Crippen LogP contribution < -0.4 is 4.74 Å². The van der Waals surface area contributed by atoms with Gasteiger partial charge in [0.15, 0.2) is 5.75 Å². The van der Waals surface area contributed by atoms with E-state index in [1.807, 2.05) is 55.5 Å². The van der Waals surface area contributed by atoms with Crippen LogP contribution in [0.1, 0.15) is 16.7 Å². The minimum atomic E-state index is 0.392. The third-order valence-electron chi connectivity index (χ3n) is 3.71.